The van der Waals surface area contributed by atoms with Crippen molar-refractivity contribution in [1.29, 1.82) is 5.26 Å². The van der Waals surface area contributed by atoms with Gasteiger partial charge in [-0.1, -0.05) is 36.4 Å². The van der Waals surface area contributed by atoms with Gasteiger partial charge in [-0.2, -0.15) is 5.26 Å². The van der Waals surface area contributed by atoms with Gasteiger partial charge in [0.15, 0.2) is 5.65 Å². The SMILES string of the molecule is N#Cc1cccc(-c2nc3ccc(-c4cccc(N5CCOCC5)c4)nc3n2-c2ccc(C3(N)CCC3)cc2)c1. The summed E-state index contributed by atoms with van der Waals surface area (Å²) in [5.41, 5.74) is 14.6. The van der Waals surface area contributed by atoms with E-state index >= 15 is 0 Å². The van der Waals surface area contributed by atoms with Gasteiger partial charge in [-0.15, -0.1) is 0 Å². The molecule has 2 aromatic heterocycles. The third-order valence-electron chi connectivity index (χ3n) is 8.22. The molecule has 7 heteroatoms. The fourth-order valence-electron chi connectivity index (χ4n) is 5.76. The molecule has 3 aromatic carbocycles. The van der Waals surface area contributed by atoms with Crippen LogP contribution in [0.3, 0.4) is 0 Å². The van der Waals surface area contributed by atoms with Gasteiger partial charge in [0, 0.05) is 41.1 Å². The Hall–Kier alpha value is -4.51. The zero-order valence-electron chi connectivity index (χ0n) is 22.3. The van der Waals surface area contributed by atoms with Crippen LogP contribution < -0.4 is 10.6 Å². The molecule has 0 atom stereocenters. The molecule has 2 fully saturated rings. The number of nitrogens with two attached hydrogens (primary N) is 1. The van der Waals surface area contributed by atoms with Gasteiger partial charge in [0.2, 0.25) is 0 Å². The van der Waals surface area contributed by atoms with Crippen molar-refractivity contribution < 1.29 is 4.74 Å². The van der Waals surface area contributed by atoms with Crippen LogP contribution >= 0.6 is 0 Å². The van der Waals surface area contributed by atoms with E-state index in [1.54, 1.807) is 0 Å². The number of anilines is 1. The van der Waals surface area contributed by atoms with Crippen molar-refractivity contribution in [3.8, 4) is 34.4 Å². The molecule has 1 saturated carbocycles. The topological polar surface area (TPSA) is 93.0 Å². The molecule has 0 radical (unpaired) electrons. The Morgan fingerprint density at radius 1 is 0.825 bits per heavy atom. The summed E-state index contributed by atoms with van der Waals surface area (Å²) in [6, 6.07) is 30.9. The molecule has 0 unspecified atom stereocenters. The number of ether oxygens (including phenoxy) is 1. The second-order valence-electron chi connectivity index (χ2n) is 10.7. The predicted octanol–water partition coefficient (Wildman–Crippen LogP) is 5.80. The van der Waals surface area contributed by atoms with Crippen molar-refractivity contribution >= 4 is 16.9 Å². The number of imidazole rings is 1. The first-order chi connectivity index (χ1) is 19.6. The third kappa shape index (κ3) is 4.32. The van der Waals surface area contributed by atoms with Crippen LogP contribution in [0.4, 0.5) is 5.69 Å². The Morgan fingerprint density at radius 3 is 2.35 bits per heavy atom. The van der Waals surface area contributed by atoms with E-state index in [4.69, 9.17) is 20.4 Å². The second-order valence-corrected chi connectivity index (χ2v) is 10.7. The molecule has 3 heterocycles. The van der Waals surface area contributed by atoms with Crippen LogP contribution in [0.5, 0.6) is 0 Å². The number of hydrogen-bond acceptors (Lipinski definition) is 6. The Bertz CT molecular complexity index is 1740. The van der Waals surface area contributed by atoms with Crippen LogP contribution in [0.1, 0.15) is 30.4 Å². The van der Waals surface area contributed by atoms with Crippen LogP contribution in [-0.2, 0) is 10.3 Å². The highest BCUT2D eigenvalue weighted by atomic mass is 16.5. The van der Waals surface area contributed by atoms with Crippen LogP contribution in [0.2, 0.25) is 0 Å². The van der Waals surface area contributed by atoms with Crippen molar-refractivity contribution in [1.82, 2.24) is 14.5 Å². The first-order valence-electron chi connectivity index (χ1n) is 13.8. The number of morpholine rings is 1. The summed E-state index contributed by atoms with van der Waals surface area (Å²) in [7, 11) is 0. The molecule has 7 nitrogen and oxygen atoms in total. The van der Waals surface area contributed by atoms with Crippen LogP contribution in [0, 0.1) is 11.3 Å². The van der Waals surface area contributed by atoms with Gasteiger partial charge in [0.1, 0.15) is 11.3 Å². The molecule has 0 bridgehead atoms. The molecular weight excluding hydrogens is 496 g/mol. The summed E-state index contributed by atoms with van der Waals surface area (Å²) in [5, 5.41) is 9.54. The lowest BCUT2D eigenvalue weighted by Gasteiger charge is -2.38. The van der Waals surface area contributed by atoms with Crippen molar-refractivity contribution in [3.63, 3.8) is 0 Å². The number of benzene rings is 3. The molecule has 1 aliphatic carbocycles. The molecule has 0 amide bonds. The van der Waals surface area contributed by atoms with E-state index in [0.29, 0.717) is 5.56 Å². The monoisotopic (exact) mass is 526 g/mol. The molecule has 2 aliphatic rings. The smallest absolute Gasteiger partial charge is 0.165 e. The van der Waals surface area contributed by atoms with Crippen LogP contribution in [0.15, 0.2) is 84.9 Å². The number of fused-ring (bicyclic) bond motifs is 1. The van der Waals surface area contributed by atoms with E-state index in [0.717, 1.165) is 84.2 Å². The Kier molecular flexibility index (Phi) is 6.07. The standard InChI is InChI=1S/C33H30N6O/c34-22-23-4-1-6-25(20-23)31-37-30-13-12-29(24-5-2-7-28(21-24)38-16-18-40-19-17-38)36-32(30)39(31)27-10-8-26(9-11-27)33(35)14-3-15-33/h1-2,4-13,20-21H,3,14-19,35H2. The van der Waals surface area contributed by atoms with Crippen molar-refractivity contribution in [3.05, 3.63) is 96.1 Å². The van der Waals surface area contributed by atoms with Gasteiger partial charge in [0.05, 0.1) is 30.5 Å². The van der Waals surface area contributed by atoms with Gasteiger partial charge in [-0.05, 0) is 73.4 Å². The summed E-state index contributed by atoms with van der Waals surface area (Å²) < 4.78 is 7.63. The lowest BCUT2D eigenvalue weighted by molar-refractivity contribution is 0.122. The van der Waals surface area contributed by atoms with Gasteiger partial charge in [0.25, 0.3) is 0 Å². The van der Waals surface area contributed by atoms with E-state index in [2.05, 4.69) is 64.1 Å². The van der Waals surface area contributed by atoms with E-state index in [1.165, 1.54) is 12.1 Å². The summed E-state index contributed by atoms with van der Waals surface area (Å²) >= 11 is 0. The Labute approximate surface area is 233 Å². The molecule has 0 spiro atoms. The third-order valence-corrected chi connectivity index (χ3v) is 8.22. The minimum atomic E-state index is -0.226. The summed E-state index contributed by atoms with van der Waals surface area (Å²) in [6.45, 7) is 3.25. The zero-order chi connectivity index (χ0) is 27.1. The first kappa shape index (κ1) is 24.5. The molecule has 1 saturated heterocycles. The van der Waals surface area contributed by atoms with E-state index < -0.39 is 0 Å². The number of nitrogens with zero attached hydrogens (tertiary/aromatic N) is 5. The Morgan fingerprint density at radius 2 is 1.60 bits per heavy atom. The lowest BCUT2D eigenvalue weighted by Crippen LogP contribution is -2.43. The molecular formula is C33H30N6O. The van der Waals surface area contributed by atoms with Crippen molar-refractivity contribution in [2.45, 2.75) is 24.8 Å². The molecule has 1 aliphatic heterocycles. The lowest BCUT2D eigenvalue weighted by atomic mass is 9.73. The largest absolute Gasteiger partial charge is 0.378 e. The summed E-state index contributed by atoms with van der Waals surface area (Å²) in [4.78, 5) is 12.5. The maximum atomic E-state index is 9.54. The predicted molar refractivity (Wildman–Crippen MR) is 157 cm³/mol. The van der Waals surface area contributed by atoms with Crippen LogP contribution in [-0.4, -0.2) is 40.8 Å². The first-order valence-corrected chi connectivity index (χ1v) is 13.8. The van der Waals surface area contributed by atoms with Crippen LogP contribution in [0.25, 0.3) is 39.5 Å². The number of aromatic nitrogens is 3. The van der Waals surface area contributed by atoms with Crippen molar-refractivity contribution in [2.24, 2.45) is 5.73 Å². The van der Waals surface area contributed by atoms with Gasteiger partial charge < -0.3 is 15.4 Å². The van der Waals surface area contributed by atoms with Gasteiger partial charge in [-0.25, -0.2) is 9.97 Å². The normalized spacial score (nSPS) is 16.4. The fourth-order valence-corrected chi connectivity index (χ4v) is 5.76. The minimum Gasteiger partial charge on any atom is -0.378 e. The molecule has 198 valence electrons. The fraction of sp³-hybridized carbons (Fsp3) is 0.242. The number of rotatable bonds is 5. The average Bonchev–Trinajstić information content (AvgIpc) is 3.39. The maximum absolute atomic E-state index is 9.54. The molecule has 5 aromatic rings. The number of nitriles is 1. The highest BCUT2D eigenvalue weighted by Gasteiger charge is 2.34. The van der Waals surface area contributed by atoms with Crippen molar-refractivity contribution in [2.75, 3.05) is 31.2 Å². The molecule has 40 heavy (non-hydrogen) atoms. The summed E-state index contributed by atoms with van der Waals surface area (Å²) in [5.74, 6) is 0.748. The average molecular weight is 527 g/mol. The summed E-state index contributed by atoms with van der Waals surface area (Å²) in [6.07, 6.45) is 3.20. The highest BCUT2D eigenvalue weighted by Crippen LogP contribution is 2.39. The number of pyridine rings is 1. The highest BCUT2D eigenvalue weighted by molar-refractivity contribution is 5.83. The quantitative estimate of drug-likeness (QED) is 0.311. The zero-order valence-corrected chi connectivity index (χ0v) is 22.3. The van der Waals surface area contributed by atoms with Gasteiger partial charge in [-0.3, -0.25) is 4.57 Å². The van der Waals surface area contributed by atoms with E-state index in [-0.39, 0.29) is 5.54 Å². The Balaban J connectivity index is 1.36. The molecule has 7 rings (SSSR count). The van der Waals surface area contributed by atoms with Gasteiger partial charge >= 0.3 is 0 Å². The number of hydrogen-bond donors (Lipinski definition) is 1. The second kappa shape index (κ2) is 9.91. The minimum absolute atomic E-state index is 0.226. The molecule has 2 N–H and O–H groups in total. The maximum Gasteiger partial charge on any atom is 0.165 e. The van der Waals surface area contributed by atoms with E-state index in [1.807, 2.05) is 36.4 Å². The van der Waals surface area contributed by atoms with E-state index in [9.17, 15) is 5.26 Å².